The van der Waals surface area contributed by atoms with E-state index in [0.29, 0.717) is 5.69 Å². The summed E-state index contributed by atoms with van der Waals surface area (Å²) in [6.07, 6.45) is 0.136. The highest BCUT2D eigenvalue weighted by Gasteiger charge is 2.19. The van der Waals surface area contributed by atoms with Crippen LogP contribution in [0.15, 0.2) is 60.7 Å². The van der Waals surface area contributed by atoms with Gasteiger partial charge in [0.2, 0.25) is 5.78 Å². The topological polar surface area (TPSA) is 37.4 Å². The minimum Gasteiger partial charge on any atom is -0.309 e. The molecule has 0 atom stereocenters. The van der Waals surface area contributed by atoms with Crippen molar-refractivity contribution in [1.82, 2.24) is 0 Å². The first-order valence-corrected chi connectivity index (χ1v) is 6.08. The number of rotatable bonds is 4. The molecule has 0 aliphatic carbocycles. The number of hydrogen-bond acceptors (Lipinski definition) is 2. The monoisotopic (exact) mass is 253 g/mol. The summed E-state index contributed by atoms with van der Waals surface area (Å²) in [6.45, 7) is 0. The van der Waals surface area contributed by atoms with Gasteiger partial charge in [0.1, 0.15) is 0 Å². The van der Waals surface area contributed by atoms with E-state index >= 15 is 0 Å². The van der Waals surface area contributed by atoms with Crippen LogP contribution >= 0.6 is 0 Å². The van der Waals surface area contributed by atoms with Crippen LogP contribution in [0.5, 0.6) is 0 Å². The van der Waals surface area contributed by atoms with E-state index in [1.807, 2.05) is 48.5 Å². The molecule has 0 unspecified atom stereocenters. The average molecular weight is 253 g/mol. The van der Waals surface area contributed by atoms with Gasteiger partial charge in [-0.2, -0.15) is 0 Å². The number of carbonyl (C=O) groups excluding carboxylic acids is 2. The Hall–Kier alpha value is -2.42. The molecule has 0 aromatic heterocycles. The van der Waals surface area contributed by atoms with E-state index in [1.54, 1.807) is 19.2 Å². The summed E-state index contributed by atoms with van der Waals surface area (Å²) in [5.41, 5.74) is 1.57. The molecule has 1 amide bonds. The number of likely N-dealkylation sites (N-methyl/N-ethyl adjacent to an activating group) is 1. The Morgan fingerprint density at radius 1 is 0.895 bits per heavy atom. The third-order valence-electron chi connectivity index (χ3n) is 2.89. The number of ketones is 1. The summed E-state index contributed by atoms with van der Waals surface area (Å²) >= 11 is 0. The zero-order chi connectivity index (χ0) is 13.7. The van der Waals surface area contributed by atoms with Gasteiger partial charge >= 0.3 is 0 Å². The van der Waals surface area contributed by atoms with Gasteiger partial charge in [0.15, 0.2) is 0 Å². The normalized spacial score (nSPS) is 9.95. The highest BCUT2D eigenvalue weighted by molar-refractivity contribution is 6.41. The number of hydrogen-bond donors (Lipinski definition) is 0. The van der Waals surface area contributed by atoms with Crippen LogP contribution in [0.25, 0.3) is 0 Å². The second-order valence-electron chi connectivity index (χ2n) is 4.29. The van der Waals surface area contributed by atoms with Gasteiger partial charge in [-0.25, -0.2) is 0 Å². The smallest absolute Gasteiger partial charge is 0.294 e. The second-order valence-corrected chi connectivity index (χ2v) is 4.29. The Bertz CT molecular complexity index is 564. The van der Waals surface area contributed by atoms with Crippen molar-refractivity contribution >= 4 is 17.4 Å². The summed E-state index contributed by atoms with van der Waals surface area (Å²) in [5, 5.41) is 0. The zero-order valence-corrected chi connectivity index (χ0v) is 10.7. The van der Waals surface area contributed by atoms with E-state index in [4.69, 9.17) is 0 Å². The van der Waals surface area contributed by atoms with Crippen molar-refractivity contribution in [1.29, 1.82) is 0 Å². The van der Waals surface area contributed by atoms with E-state index in [9.17, 15) is 9.59 Å². The highest BCUT2D eigenvalue weighted by Crippen LogP contribution is 2.12. The lowest BCUT2D eigenvalue weighted by Gasteiger charge is -2.16. The fourth-order valence-corrected chi connectivity index (χ4v) is 1.81. The minimum atomic E-state index is -0.491. The van der Waals surface area contributed by atoms with Crippen molar-refractivity contribution in [3.05, 3.63) is 66.2 Å². The summed E-state index contributed by atoms with van der Waals surface area (Å²) in [5.74, 6) is -0.896. The Morgan fingerprint density at radius 2 is 1.42 bits per heavy atom. The third-order valence-corrected chi connectivity index (χ3v) is 2.89. The van der Waals surface area contributed by atoms with E-state index in [0.717, 1.165) is 5.56 Å². The average Bonchev–Trinajstić information content (AvgIpc) is 2.47. The predicted octanol–water partition coefficient (Wildman–Crippen LogP) is 2.46. The van der Waals surface area contributed by atoms with Gasteiger partial charge in [0.25, 0.3) is 5.91 Å². The Kier molecular flexibility index (Phi) is 4.08. The second kappa shape index (κ2) is 5.96. The lowest BCUT2D eigenvalue weighted by atomic mass is 10.1. The van der Waals surface area contributed by atoms with Crippen LogP contribution in [-0.2, 0) is 16.0 Å². The number of amides is 1. The van der Waals surface area contributed by atoms with Gasteiger partial charge in [-0.15, -0.1) is 0 Å². The molecule has 3 heteroatoms. The number of benzene rings is 2. The zero-order valence-electron chi connectivity index (χ0n) is 10.7. The lowest BCUT2D eigenvalue weighted by molar-refractivity contribution is -0.135. The molecular weight excluding hydrogens is 238 g/mol. The van der Waals surface area contributed by atoms with Gasteiger partial charge < -0.3 is 4.90 Å². The van der Waals surface area contributed by atoms with Crippen molar-refractivity contribution < 1.29 is 9.59 Å². The standard InChI is InChI=1S/C16H15NO2/c1-17(14-10-6-3-7-11-14)16(19)15(18)12-13-8-4-2-5-9-13/h2-11H,12H2,1H3. The first-order chi connectivity index (χ1) is 9.18. The van der Waals surface area contributed by atoms with Gasteiger partial charge in [-0.3, -0.25) is 9.59 Å². The summed E-state index contributed by atoms with van der Waals surface area (Å²) in [4.78, 5) is 25.3. The van der Waals surface area contributed by atoms with Crippen LogP contribution in [0.3, 0.4) is 0 Å². The molecule has 0 spiro atoms. The van der Waals surface area contributed by atoms with Crippen LogP contribution in [-0.4, -0.2) is 18.7 Å². The van der Waals surface area contributed by atoms with Crippen molar-refractivity contribution in [2.45, 2.75) is 6.42 Å². The molecule has 0 saturated carbocycles. The van der Waals surface area contributed by atoms with Crippen molar-refractivity contribution in [3.8, 4) is 0 Å². The number of nitrogens with zero attached hydrogens (tertiary/aromatic N) is 1. The maximum Gasteiger partial charge on any atom is 0.294 e. The van der Waals surface area contributed by atoms with Crippen LogP contribution in [0.2, 0.25) is 0 Å². The maximum atomic E-state index is 12.0. The van der Waals surface area contributed by atoms with Crippen LogP contribution in [0.4, 0.5) is 5.69 Å². The highest BCUT2D eigenvalue weighted by atomic mass is 16.2. The Labute approximate surface area is 112 Å². The van der Waals surface area contributed by atoms with E-state index in [2.05, 4.69) is 0 Å². The lowest BCUT2D eigenvalue weighted by Crippen LogP contribution is -2.34. The molecule has 0 aliphatic rings. The SMILES string of the molecule is CN(C(=O)C(=O)Cc1ccccc1)c1ccccc1. The van der Waals surface area contributed by atoms with E-state index < -0.39 is 11.7 Å². The van der Waals surface area contributed by atoms with E-state index in [-0.39, 0.29) is 6.42 Å². The predicted molar refractivity (Wildman–Crippen MR) is 75.0 cm³/mol. The molecule has 0 heterocycles. The molecular formula is C16H15NO2. The molecule has 0 fully saturated rings. The summed E-state index contributed by atoms with van der Waals surface area (Å²) in [6, 6.07) is 18.4. The first kappa shape index (κ1) is 13.0. The van der Waals surface area contributed by atoms with Gasteiger partial charge in [-0.1, -0.05) is 48.5 Å². The molecule has 19 heavy (non-hydrogen) atoms. The van der Waals surface area contributed by atoms with Crippen LogP contribution in [0, 0.1) is 0 Å². The maximum absolute atomic E-state index is 12.0. The number of para-hydroxylation sites is 1. The molecule has 0 N–H and O–H groups in total. The minimum absolute atomic E-state index is 0.136. The largest absolute Gasteiger partial charge is 0.309 e. The fourth-order valence-electron chi connectivity index (χ4n) is 1.81. The molecule has 0 radical (unpaired) electrons. The van der Waals surface area contributed by atoms with Crippen LogP contribution < -0.4 is 4.90 Å². The van der Waals surface area contributed by atoms with E-state index in [1.165, 1.54) is 4.90 Å². The molecule has 0 saturated heterocycles. The molecule has 0 aliphatic heterocycles. The fraction of sp³-hybridized carbons (Fsp3) is 0.125. The van der Waals surface area contributed by atoms with Gasteiger partial charge in [0, 0.05) is 19.2 Å². The molecule has 0 bridgehead atoms. The number of Topliss-reactive ketones (excluding diaryl/α,β-unsaturated/α-hetero) is 1. The van der Waals surface area contributed by atoms with Crippen molar-refractivity contribution in [2.75, 3.05) is 11.9 Å². The summed E-state index contributed by atoms with van der Waals surface area (Å²) in [7, 11) is 1.61. The quantitative estimate of drug-likeness (QED) is 0.785. The number of anilines is 1. The van der Waals surface area contributed by atoms with Crippen LogP contribution in [0.1, 0.15) is 5.56 Å². The van der Waals surface area contributed by atoms with Gasteiger partial charge in [-0.05, 0) is 17.7 Å². The number of carbonyl (C=O) groups is 2. The molecule has 2 aromatic rings. The summed E-state index contributed by atoms with van der Waals surface area (Å²) < 4.78 is 0. The molecule has 3 nitrogen and oxygen atoms in total. The Balaban J connectivity index is 2.06. The third kappa shape index (κ3) is 3.28. The molecule has 2 aromatic carbocycles. The Morgan fingerprint density at radius 3 is 2.00 bits per heavy atom. The molecule has 96 valence electrons. The van der Waals surface area contributed by atoms with Crippen molar-refractivity contribution in [2.24, 2.45) is 0 Å². The van der Waals surface area contributed by atoms with Crippen molar-refractivity contribution in [3.63, 3.8) is 0 Å². The molecule has 2 rings (SSSR count). The van der Waals surface area contributed by atoms with Gasteiger partial charge in [0.05, 0.1) is 0 Å². The first-order valence-electron chi connectivity index (χ1n) is 6.08.